The molecule has 4 nitrogen and oxygen atoms in total. The summed E-state index contributed by atoms with van der Waals surface area (Å²) in [5.74, 6) is -0.385. The molecule has 1 aromatic carbocycles. The predicted octanol–water partition coefficient (Wildman–Crippen LogP) is 2.32. The normalized spacial score (nSPS) is 21.0. The van der Waals surface area contributed by atoms with Crippen molar-refractivity contribution in [2.45, 2.75) is 50.9 Å². The third kappa shape index (κ3) is 5.10. The van der Waals surface area contributed by atoms with E-state index in [1.54, 1.807) is 12.1 Å². The molecule has 1 fully saturated rings. The minimum absolute atomic E-state index is 0.0271. The molecule has 5 heteroatoms. The topological polar surface area (TPSA) is 58.6 Å². The lowest BCUT2D eigenvalue weighted by Gasteiger charge is -2.19. The average molecular weight is 295 g/mol. The van der Waals surface area contributed by atoms with Gasteiger partial charge in [0.25, 0.3) is 0 Å². The smallest absolute Gasteiger partial charge is 0.222 e. The minimum atomic E-state index is -0.719. The van der Waals surface area contributed by atoms with Crippen molar-refractivity contribution in [3.8, 4) is 0 Å². The number of rotatable bonds is 6. The first-order chi connectivity index (χ1) is 10.0. The van der Waals surface area contributed by atoms with Crippen LogP contribution in [0.5, 0.6) is 0 Å². The second-order valence-electron chi connectivity index (χ2n) is 5.61. The molecule has 1 aliphatic rings. The van der Waals surface area contributed by atoms with E-state index in [9.17, 15) is 14.3 Å². The Hall–Kier alpha value is -1.46. The summed E-state index contributed by atoms with van der Waals surface area (Å²) < 4.78 is 18.2. The molecule has 116 valence electrons. The highest BCUT2D eigenvalue weighted by Gasteiger charge is 2.21. The number of aliphatic hydroxyl groups excluding tert-OH is 1. The maximum absolute atomic E-state index is 12.8. The molecule has 0 aliphatic carbocycles. The molecule has 0 bridgehead atoms. The Morgan fingerprint density at radius 3 is 2.81 bits per heavy atom. The van der Waals surface area contributed by atoms with Crippen LogP contribution in [-0.2, 0) is 9.53 Å². The molecule has 3 unspecified atom stereocenters. The monoisotopic (exact) mass is 295 g/mol. The third-order valence-electron chi connectivity index (χ3n) is 3.68. The van der Waals surface area contributed by atoms with E-state index < -0.39 is 6.10 Å². The molecule has 0 radical (unpaired) electrons. The van der Waals surface area contributed by atoms with Gasteiger partial charge >= 0.3 is 0 Å². The first kappa shape index (κ1) is 15.9. The van der Waals surface area contributed by atoms with Gasteiger partial charge in [0, 0.05) is 12.6 Å². The molecule has 1 heterocycles. The number of nitrogens with one attached hydrogen (secondary N) is 1. The molecule has 0 aromatic heterocycles. The maximum atomic E-state index is 12.8. The molecule has 1 aliphatic heterocycles. The highest BCUT2D eigenvalue weighted by atomic mass is 19.1. The van der Waals surface area contributed by atoms with Crippen molar-refractivity contribution in [2.75, 3.05) is 6.61 Å². The molecule has 1 aromatic rings. The molecular weight excluding hydrogens is 273 g/mol. The predicted molar refractivity (Wildman–Crippen MR) is 77.2 cm³/mol. The summed E-state index contributed by atoms with van der Waals surface area (Å²) in [6, 6.07) is 5.60. The molecule has 2 rings (SSSR count). The summed E-state index contributed by atoms with van der Waals surface area (Å²) >= 11 is 0. The van der Waals surface area contributed by atoms with Gasteiger partial charge in [-0.1, -0.05) is 12.1 Å². The number of ether oxygens (including phenoxy) is 1. The van der Waals surface area contributed by atoms with Crippen LogP contribution in [0.3, 0.4) is 0 Å². The Balaban J connectivity index is 1.76. The van der Waals surface area contributed by atoms with Gasteiger partial charge in [-0.05, 0) is 43.9 Å². The van der Waals surface area contributed by atoms with Crippen LogP contribution in [0.1, 0.15) is 44.3 Å². The van der Waals surface area contributed by atoms with Crippen LogP contribution in [-0.4, -0.2) is 29.8 Å². The number of carbonyl (C=O) groups excluding carboxylic acids is 1. The average Bonchev–Trinajstić information content (AvgIpc) is 2.91. The van der Waals surface area contributed by atoms with Crippen LogP contribution < -0.4 is 5.32 Å². The van der Waals surface area contributed by atoms with Gasteiger partial charge in [0.1, 0.15) is 5.82 Å². The number of benzene rings is 1. The fraction of sp³-hybridized carbons (Fsp3) is 0.562. The molecule has 21 heavy (non-hydrogen) atoms. The van der Waals surface area contributed by atoms with Crippen LogP contribution in [0.15, 0.2) is 24.3 Å². The molecule has 1 saturated heterocycles. The van der Waals surface area contributed by atoms with E-state index in [2.05, 4.69) is 5.32 Å². The zero-order valence-corrected chi connectivity index (χ0v) is 12.2. The van der Waals surface area contributed by atoms with E-state index in [4.69, 9.17) is 4.74 Å². The summed E-state index contributed by atoms with van der Waals surface area (Å²) in [5.41, 5.74) is 0.650. The first-order valence-electron chi connectivity index (χ1n) is 7.39. The number of carbonyl (C=O) groups is 1. The molecule has 2 N–H and O–H groups in total. The summed E-state index contributed by atoms with van der Waals surface area (Å²) in [6.07, 6.45) is 2.01. The van der Waals surface area contributed by atoms with Gasteiger partial charge in [0.05, 0.1) is 18.6 Å². The van der Waals surface area contributed by atoms with Gasteiger partial charge in [-0.3, -0.25) is 4.79 Å². The van der Waals surface area contributed by atoms with Crippen molar-refractivity contribution in [1.82, 2.24) is 5.32 Å². The summed E-state index contributed by atoms with van der Waals surface area (Å²) in [4.78, 5) is 11.8. The van der Waals surface area contributed by atoms with E-state index >= 15 is 0 Å². The SMILES string of the molecule is CC(CC(O)c1ccc(F)cc1)NC(=O)CC1CCCO1. The number of hydrogen-bond acceptors (Lipinski definition) is 3. The van der Waals surface area contributed by atoms with Crippen molar-refractivity contribution in [3.63, 3.8) is 0 Å². The number of hydrogen-bond donors (Lipinski definition) is 2. The van der Waals surface area contributed by atoms with Crippen LogP contribution in [0.25, 0.3) is 0 Å². The number of aliphatic hydroxyl groups is 1. The highest BCUT2D eigenvalue weighted by molar-refractivity contribution is 5.76. The zero-order valence-electron chi connectivity index (χ0n) is 12.2. The highest BCUT2D eigenvalue weighted by Crippen LogP contribution is 2.19. The Bertz CT molecular complexity index is 457. The number of halogens is 1. The Morgan fingerprint density at radius 1 is 1.48 bits per heavy atom. The molecule has 0 saturated carbocycles. The summed E-state index contributed by atoms with van der Waals surface area (Å²) in [5, 5.41) is 12.9. The van der Waals surface area contributed by atoms with Crippen molar-refractivity contribution in [1.29, 1.82) is 0 Å². The van der Waals surface area contributed by atoms with E-state index in [0.717, 1.165) is 19.4 Å². The van der Waals surface area contributed by atoms with Gasteiger partial charge in [-0.25, -0.2) is 4.39 Å². The van der Waals surface area contributed by atoms with Crippen molar-refractivity contribution in [3.05, 3.63) is 35.6 Å². The Labute approximate surface area is 124 Å². The van der Waals surface area contributed by atoms with Gasteiger partial charge in [0.2, 0.25) is 5.91 Å². The Morgan fingerprint density at radius 2 is 2.19 bits per heavy atom. The van der Waals surface area contributed by atoms with E-state index in [-0.39, 0.29) is 23.9 Å². The largest absolute Gasteiger partial charge is 0.388 e. The van der Waals surface area contributed by atoms with Gasteiger partial charge < -0.3 is 15.2 Å². The lowest BCUT2D eigenvalue weighted by molar-refractivity contribution is -0.124. The Kier molecular flexibility index (Phi) is 5.70. The summed E-state index contributed by atoms with van der Waals surface area (Å²) in [6.45, 7) is 2.58. The quantitative estimate of drug-likeness (QED) is 0.847. The van der Waals surface area contributed by atoms with Crippen LogP contribution in [0.4, 0.5) is 4.39 Å². The fourth-order valence-electron chi connectivity index (χ4n) is 2.56. The van der Waals surface area contributed by atoms with Crippen molar-refractivity contribution in [2.24, 2.45) is 0 Å². The van der Waals surface area contributed by atoms with E-state index in [1.807, 2.05) is 6.92 Å². The van der Waals surface area contributed by atoms with E-state index in [1.165, 1.54) is 12.1 Å². The maximum Gasteiger partial charge on any atom is 0.222 e. The lowest BCUT2D eigenvalue weighted by atomic mass is 10.0. The van der Waals surface area contributed by atoms with Crippen LogP contribution in [0, 0.1) is 5.82 Å². The van der Waals surface area contributed by atoms with Gasteiger partial charge in [0.15, 0.2) is 0 Å². The minimum Gasteiger partial charge on any atom is -0.388 e. The zero-order chi connectivity index (χ0) is 15.2. The fourth-order valence-corrected chi connectivity index (χ4v) is 2.56. The molecule has 1 amide bonds. The summed E-state index contributed by atoms with van der Waals surface area (Å²) in [7, 11) is 0. The van der Waals surface area contributed by atoms with Crippen LogP contribution in [0.2, 0.25) is 0 Å². The molecule has 3 atom stereocenters. The standard InChI is InChI=1S/C16H22FNO3/c1-11(18-16(20)10-14-3-2-8-21-14)9-15(19)12-4-6-13(17)7-5-12/h4-7,11,14-15,19H,2-3,8-10H2,1H3,(H,18,20). The third-order valence-corrected chi connectivity index (χ3v) is 3.68. The second-order valence-corrected chi connectivity index (χ2v) is 5.61. The van der Waals surface area contributed by atoms with Gasteiger partial charge in [-0.2, -0.15) is 0 Å². The van der Waals surface area contributed by atoms with Gasteiger partial charge in [-0.15, -0.1) is 0 Å². The van der Waals surface area contributed by atoms with Crippen molar-refractivity contribution >= 4 is 5.91 Å². The second kappa shape index (κ2) is 7.52. The van der Waals surface area contributed by atoms with Crippen molar-refractivity contribution < 1.29 is 19.0 Å². The van der Waals surface area contributed by atoms with E-state index in [0.29, 0.717) is 18.4 Å². The first-order valence-corrected chi connectivity index (χ1v) is 7.39. The lowest BCUT2D eigenvalue weighted by Crippen LogP contribution is -2.35. The molecule has 0 spiro atoms. The van der Waals surface area contributed by atoms with Crippen LogP contribution >= 0.6 is 0 Å². The number of amides is 1. The molecular formula is C16H22FNO3.